The molecule has 150 valence electrons. The molecule has 2 aromatic carbocycles. The molecule has 5 nitrogen and oxygen atoms in total. The molecule has 1 fully saturated rings. The fourth-order valence-corrected chi connectivity index (χ4v) is 4.22. The Morgan fingerprint density at radius 2 is 1.72 bits per heavy atom. The first-order chi connectivity index (χ1) is 14.1. The van der Waals surface area contributed by atoms with E-state index >= 15 is 0 Å². The summed E-state index contributed by atoms with van der Waals surface area (Å²) in [4.78, 5) is 13.3. The average molecular weight is 391 g/mol. The molecule has 1 saturated heterocycles. The smallest absolute Gasteiger partial charge is 0.321 e. The zero-order valence-corrected chi connectivity index (χ0v) is 17.0. The van der Waals surface area contributed by atoms with Crippen molar-refractivity contribution in [3.05, 3.63) is 90.0 Å². The number of rotatable bonds is 7. The molecule has 1 atom stereocenters. The zero-order valence-electron chi connectivity index (χ0n) is 17.0. The highest BCUT2D eigenvalue weighted by atomic mass is 16.6. The van der Waals surface area contributed by atoms with Gasteiger partial charge in [0.05, 0.1) is 7.05 Å². The molecular weight excluding hydrogens is 364 g/mol. The van der Waals surface area contributed by atoms with Crippen molar-refractivity contribution in [3.8, 4) is 0 Å². The van der Waals surface area contributed by atoms with Crippen LogP contribution in [0.15, 0.2) is 73.1 Å². The molecule has 0 radical (unpaired) electrons. The van der Waals surface area contributed by atoms with Gasteiger partial charge in [0.2, 0.25) is 0 Å². The summed E-state index contributed by atoms with van der Waals surface area (Å²) in [7, 11) is 2.00. The Labute approximate surface area is 171 Å². The fourth-order valence-electron chi connectivity index (χ4n) is 4.22. The molecule has 1 unspecified atom stereocenters. The van der Waals surface area contributed by atoms with Gasteiger partial charge in [0.1, 0.15) is 37.1 Å². The van der Waals surface area contributed by atoms with Crippen LogP contribution in [0.5, 0.6) is 0 Å². The number of hydrogen-bond donors (Lipinski definition) is 0. The number of cyclic esters (lactones) is 1. The predicted molar refractivity (Wildman–Crippen MR) is 109 cm³/mol. The molecule has 0 N–H and O–H groups in total. The number of carbonyl (C=O) groups is 1. The van der Waals surface area contributed by atoms with Gasteiger partial charge in [-0.25, -0.2) is 9.13 Å². The van der Waals surface area contributed by atoms with E-state index in [1.54, 1.807) is 0 Å². The van der Waals surface area contributed by atoms with Crippen LogP contribution in [0.3, 0.4) is 0 Å². The minimum absolute atomic E-state index is 0.178. The van der Waals surface area contributed by atoms with E-state index in [4.69, 9.17) is 9.47 Å². The van der Waals surface area contributed by atoms with E-state index < -0.39 is 5.41 Å². The monoisotopic (exact) mass is 391 g/mol. The van der Waals surface area contributed by atoms with E-state index in [2.05, 4.69) is 4.57 Å². The number of aromatic nitrogens is 2. The first kappa shape index (κ1) is 19.4. The van der Waals surface area contributed by atoms with Gasteiger partial charge < -0.3 is 9.47 Å². The van der Waals surface area contributed by atoms with Crippen molar-refractivity contribution in [3.63, 3.8) is 0 Å². The number of hydrogen-bond acceptors (Lipinski definition) is 3. The Bertz CT molecular complexity index is 927. The van der Waals surface area contributed by atoms with Crippen molar-refractivity contribution in [1.82, 2.24) is 4.57 Å². The third kappa shape index (κ3) is 3.58. The Hall–Kier alpha value is -2.92. The van der Waals surface area contributed by atoms with Crippen molar-refractivity contribution in [2.45, 2.75) is 38.0 Å². The Kier molecular flexibility index (Phi) is 5.49. The molecule has 29 heavy (non-hydrogen) atoms. The predicted octanol–water partition coefficient (Wildman–Crippen LogP) is 3.15. The highest BCUT2D eigenvalue weighted by Crippen LogP contribution is 2.43. The van der Waals surface area contributed by atoms with Crippen molar-refractivity contribution >= 4 is 5.97 Å². The van der Waals surface area contributed by atoms with E-state index in [1.165, 1.54) is 0 Å². The van der Waals surface area contributed by atoms with Gasteiger partial charge in [-0.2, -0.15) is 0 Å². The zero-order chi connectivity index (χ0) is 20.3. The number of nitrogens with zero attached hydrogens (tertiary/aromatic N) is 2. The van der Waals surface area contributed by atoms with Gasteiger partial charge in [-0.05, 0) is 18.1 Å². The summed E-state index contributed by atoms with van der Waals surface area (Å²) in [5, 5.41) is 0. The van der Waals surface area contributed by atoms with Gasteiger partial charge in [-0.15, -0.1) is 0 Å². The van der Waals surface area contributed by atoms with E-state index in [0.717, 1.165) is 17.0 Å². The fraction of sp³-hybridized carbons (Fsp3) is 0.333. The molecule has 0 spiro atoms. The minimum Gasteiger partial charge on any atom is -0.457 e. The molecule has 1 aliphatic heterocycles. The first-order valence-corrected chi connectivity index (χ1v) is 10.1. The van der Waals surface area contributed by atoms with Crippen LogP contribution in [0.4, 0.5) is 0 Å². The average Bonchev–Trinajstić information content (AvgIpc) is 3.27. The second-order valence-electron chi connectivity index (χ2n) is 7.48. The van der Waals surface area contributed by atoms with Crippen LogP contribution in [0, 0.1) is 0 Å². The van der Waals surface area contributed by atoms with Gasteiger partial charge in [0.25, 0.3) is 5.82 Å². The number of esters is 1. The third-order valence-electron chi connectivity index (χ3n) is 5.73. The normalized spacial score (nSPS) is 18.0. The molecule has 1 aromatic heterocycles. The number of imidazole rings is 1. The van der Waals surface area contributed by atoms with E-state index in [0.29, 0.717) is 26.2 Å². The van der Waals surface area contributed by atoms with E-state index in [9.17, 15) is 4.79 Å². The highest BCUT2D eigenvalue weighted by Gasteiger charge is 2.52. The van der Waals surface area contributed by atoms with Gasteiger partial charge in [-0.1, -0.05) is 60.7 Å². The lowest BCUT2D eigenvalue weighted by Crippen LogP contribution is -2.34. The van der Waals surface area contributed by atoms with E-state index in [1.807, 2.05) is 91.6 Å². The summed E-state index contributed by atoms with van der Waals surface area (Å²) in [5.74, 6) is 0.877. The molecule has 1 aliphatic rings. The Morgan fingerprint density at radius 3 is 2.31 bits per heavy atom. The number of benzene rings is 2. The maximum atomic E-state index is 13.3. The van der Waals surface area contributed by atoms with Crippen LogP contribution >= 0.6 is 0 Å². The van der Waals surface area contributed by atoms with Crippen molar-refractivity contribution < 1.29 is 18.8 Å². The van der Waals surface area contributed by atoms with Gasteiger partial charge in [0, 0.05) is 13.0 Å². The van der Waals surface area contributed by atoms with Crippen molar-refractivity contribution in [2.75, 3.05) is 6.61 Å². The molecule has 4 rings (SSSR count). The summed E-state index contributed by atoms with van der Waals surface area (Å²) >= 11 is 0. The second kappa shape index (κ2) is 8.21. The summed E-state index contributed by atoms with van der Waals surface area (Å²) in [6.45, 7) is 3.79. The Balaban J connectivity index is 1.66. The summed E-state index contributed by atoms with van der Waals surface area (Å²) < 4.78 is 15.7. The number of ether oxygens (including phenoxy) is 2. The molecule has 0 aliphatic carbocycles. The number of aryl methyl sites for hydroxylation is 1. The van der Waals surface area contributed by atoms with E-state index in [-0.39, 0.29) is 12.1 Å². The molecule has 3 aromatic rings. The molecule has 0 bridgehead atoms. The summed E-state index contributed by atoms with van der Waals surface area (Å²) in [5.41, 5.74) is 1.18. The largest absolute Gasteiger partial charge is 0.457 e. The quantitative estimate of drug-likeness (QED) is 0.459. The molecule has 2 heterocycles. The molecular formula is C24H27N2O3+. The molecule has 0 saturated carbocycles. The maximum absolute atomic E-state index is 13.3. The van der Waals surface area contributed by atoms with Crippen LogP contribution in [-0.4, -0.2) is 23.2 Å². The second-order valence-corrected chi connectivity index (χ2v) is 7.48. The van der Waals surface area contributed by atoms with Crippen LogP contribution in [0.2, 0.25) is 0 Å². The summed E-state index contributed by atoms with van der Waals surface area (Å²) in [6, 6.07) is 19.9. The third-order valence-corrected chi connectivity index (χ3v) is 5.73. The van der Waals surface area contributed by atoms with Gasteiger partial charge in [-0.3, -0.25) is 4.79 Å². The minimum atomic E-state index is -0.775. The summed E-state index contributed by atoms with van der Waals surface area (Å²) in [6.07, 6.45) is 4.42. The van der Waals surface area contributed by atoms with Crippen LogP contribution in [0.1, 0.15) is 30.3 Å². The lowest BCUT2D eigenvalue weighted by atomic mass is 9.72. The first-order valence-electron chi connectivity index (χ1n) is 10.1. The van der Waals surface area contributed by atoms with Crippen molar-refractivity contribution in [1.29, 1.82) is 0 Å². The lowest BCUT2D eigenvalue weighted by molar-refractivity contribution is -0.681. The highest BCUT2D eigenvalue weighted by molar-refractivity contribution is 5.89. The van der Waals surface area contributed by atoms with Crippen molar-refractivity contribution in [2.24, 2.45) is 7.05 Å². The van der Waals surface area contributed by atoms with Crippen LogP contribution in [-0.2, 0) is 39.9 Å². The SMILES string of the molecule is CCOCc1n(CC2CC(c3ccccc3)(c3ccccc3)C(=O)O2)cc[n+]1C. The van der Waals surface area contributed by atoms with Gasteiger partial charge >= 0.3 is 5.97 Å². The molecule has 0 amide bonds. The van der Waals surface area contributed by atoms with Crippen LogP contribution < -0.4 is 4.57 Å². The topological polar surface area (TPSA) is 44.3 Å². The molecule has 5 heteroatoms. The van der Waals surface area contributed by atoms with Gasteiger partial charge in [0.15, 0.2) is 0 Å². The number of carbonyl (C=O) groups excluding carboxylic acids is 1. The maximum Gasteiger partial charge on any atom is 0.321 e. The van der Waals surface area contributed by atoms with Crippen LogP contribution in [0.25, 0.3) is 0 Å². The lowest BCUT2D eigenvalue weighted by Gasteiger charge is -2.26. The standard InChI is InChI=1S/C24H27N2O3/c1-3-28-18-22-25(2)14-15-26(22)17-21-16-24(23(27)29-21,19-10-6-4-7-11-19)20-12-8-5-9-13-20/h4-15,21H,3,16-18H2,1-2H3/q+1. The Morgan fingerprint density at radius 1 is 1.10 bits per heavy atom.